The summed E-state index contributed by atoms with van der Waals surface area (Å²) in [4.78, 5) is 22.4. The molecule has 2 heterocycles. The van der Waals surface area contributed by atoms with Gasteiger partial charge in [0.2, 0.25) is 0 Å². The molecule has 0 aromatic heterocycles. The SMILES string of the molecule is COC(=O)c1ccc2c(c1OC)B(O)OC2.COc1c(C(=O)O)ccc2c1B(O)OC2. The van der Waals surface area contributed by atoms with Crippen molar-refractivity contribution in [3.63, 3.8) is 0 Å². The molecule has 2 aromatic rings. The van der Waals surface area contributed by atoms with Crippen LogP contribution in [0.25, 0.3) is 0 Å². The molecule has 2 aromatic carbocycles. The summed E-state index contributed by atoms with van der Waals surface area (Å²) in [6, 6.07) is 6.39. The number of benzene rings is 2. The zero-order valence-electron chi connectivity index (χ0n) is 17.1. The van der Waals surface area contributed by atoms with Crippen molar-refractivity contribution in [2.24, 2.45) is 0 Å². The van der Waals surface area contributed by atoms with Crippen LogP contribution in [0.2, 0.25) is 0 Å². The van der Waals surface area contributed by atoms with Crippen molar-refractivity contribution in [2.45, 2.75) is 13.2 Å². The quantitative estimate of drug-likeness (QED) is 0.422. The molecule has 2 aliphatic heterocycles. The molecule has 12 heteroatoms. The number of fused-ring (bicyclic) bond motifs is 2. The van der Waals surface area contributed by atoms with Crippen molar-refractivity contribution in [2.75, 3.05) is 21.3 Å². The van der Waals surface area contributed by atoms with Crippen LogP contribution in [0.1, 0.15) is 31.8 Å². The largest absolute Gasteiger partial charge is 0.496 e. The van der Waals surface area contributed by atoms with Crippen LogP contribution in [0.3, 0.4) is 0 Å². The maximum absolute atomic E-state index is 11.5. The first kappa shape index (κ1) is 22.6. The van der Waals surface area contributed by atoms with E-state index < -0.39 is 26.2 Å². The van der Waals surface area contributed by atoms with Gasteiger partial charge in [0, 0.05) is 10.9 Å². The van der Waals surface area contributed by atoms with E-state index in [0.717, 1.165) is 11.1 Å². The summed E-state index contributed by atoms with van der Waals surface area (Å²) in [5, 5.41) is 28.0. The molecule has 4 rings (SSSR count). The Morgan fingerprint density at radius 3 is 1.71 bits per heavy atom. The minimum absolute atomic E-state index is 0.0285. The number of methoxy groups -OCH3 is 3. The Hall–Kier alpha value is -3.05. The first-order chi connectivity index (χ1) is 14.8. The lowest BCUT2D eigenvalue weighted by atomic mass is 9.77. The summed E-state index contributed by atoms with van der Waals surface area (Å²) in [6.45, 7) is 0.584. The van der Waals surface area contributed by atoms with Gasteiger partial charge in [-0.05, 0) is 23.3 Å². The molecule has 31 heavy (non-hydrogen) atoms. The lowest BCUT2D eigenvalue weighted by Crippen LogP contribution is -2.31. The van der Waals surface area contributed by atoms with Gasteiger partial charge in [-0.15, -0.1) is 0 Å². The van der Waals surface area contributed by atoms with Gasteiger partial charge in [0.15, 0.2) is 0 Å². The maximum atomic E-state index is 11.5. The fourth-order valence-electron chi connectivity index (χ4n) is 3.46. The summed E-state index contributed by atoms with van der Waals surface area (Å²) in [5.74, 6) is -1.10. The van der Waals surface area contributed by atoms with Crippen molar-refractivity contribution < 1.29 is 48.3 Å². The molecule has 0 radical (unpaired) electrons. The van der Waals surface area contributed by atoms with Crippen LogP contribution in [0, 0.1) is 0 Å². The third-order valence-electron chi connectivity index (χ3n) is 4.90. The van der Waals surface area contributed by atoms with Crippen molar-refractivity contribution in [3.8, 4) is 11.5 Å². The Morgan fingerprint density at radius 1 is 0.839 bits per heavy atom. The van der Waals surface area contributed by atoms with Crippen molar-refractivity contribution in [1.82, 2.24) is 0 Å². The van der Waals surface area contributed by atoms with Gasteiger partial charge >= 0.3 is 26.2 Å². The van der Waals surface area contributed by atoms with Crippen molar-refractivity contribution in [3.05, 3.63) is 46.5 Å². The lowest BCUT2D eigenvalue weighted by Gasteiger charge is -2.11. The van der Waals surface area contributed by atoms with E-state index in [0.29, 0.717) is 23.3 Å². The smallest absolute Gasteiger partial charge is 0.495 e. The van der Waals surface area contributed by atoms with Crippen LogP contribution in [0.5, 0.6) is 11.5 Å². The number of esters is 1. The predicted molar refractivity (Wildman–Crippen MR) is 109 cm³/mol. The van der Waals surface area contributed by atoms with Gasteiger partial charge in [-0.25, -0.2) is 9.59 Å². The van der Waals surface area contributed by atoms with E-state index >= 15 is 0 Å². The number of carboxylic acids is 1. The molecule has 0 saturated heterocycles. The number of hydrogen-bond donors (Lipinski definition) is 3. The van der Waals surface area contributed by atoms with Crippen LogP contribution in [0.15, 0.2) is 24.3 Å². The van der Waals surface area contributed by atoms with Gasteiger partial charge < -0.3 is 38.7 Å². The highest BCUT2D eigenvalue weighted by Gasteiger charge is 2.34. The van der Waals surface area contributed by atoms with Gasteiger partial charge in [0.25, 0.3) is 0 Å². The third-order valence-corrected chi connectivity index (χ3v) is 4.90. The molecule has 0 amide bonds. The molecule has 0 spiro atoms. The third kappa shape index (κ3) is 4.23. The standard InChI is InChI=1S/C10H11BO5.C9H9BO5/c1-14-9-7(10(12)15-2)4-3-6-5-16-11(13)8(6)9;1-14-8-6(9(11)12)3-2-5-4-15-10(13)7(5)8/h3-4,13H,5H2,1-2H3;2-3,13H,4H2,1H3,(H,11,12). The van der Waals surface area contributed by atoms with Crippen molar-refractivity contribution in [1.29, 1.82) is 0 Å². The van der Waals surface area contributed by atoms with E-state index in [-0.39, 0.29) is 23.5 Å². The summed E-state index contributed by atoms with van der Waals surface area (Å²) in [6.07, 6.45) is 0. The minimum atomic E-state index is -1.10. The average Bonchev–Trinajstić information content (AvgIpc) is 3.35. The van der Waals surface area contributed by atoms with E-state index in [1.165, 1.54) is 27.4 Å². The average molecular weight is 430 g/mol. The summed E-state index contributed by atoms with van der Waals surface area (Å²) in [7, 11) is 1.95. The van der Waals surface area contributed by atoms with Gasteiger partial charge in [0.1, 0.15) is 22.6 Å². The lowest BCUT2D eigenvalue weighted by molar-refractivity contribution is 0.0596. The molecule has 0 bridgehead atoms. The fourth-order valence-corrected chi connectivity index (χ4v) is 3.46. The number of hydrogen-bond acceptors (Lipinski definition) is 9. The number of rotatable bonds is 4. The molecule has 2 aliphatic rings. The Kier molecular flexibility index (Phi) is 6.86. The van der Waals surface area contributed by atoms with Crippen LogP contribution in [-0.2, 0) is 27.3 Å². The number of carbonyl (C=O) groups excluding carboxylic acids is 1. The monoisotopic (exact) mass is 430 g/mol. The Bertz CT molecular complexity index is 1010. The van der Waals surface area contributed by atoms with E-state index in [9.17, 15) is 19.6 Å². The number of carbonyl (C=O) groups is 2. The topological polar surface area (TPSA) is 141 Å². The van der Waals surface area contributed by atoms with E-state index in [4.69, 9.17) is 23.9 Å². The maximum Gasteiger partial charge on any atom is 0.495 e. The molecule has 3 N–H and O–H groups in total. The molecule has 0 unspecified atom stereocenters. The first-order valence-corrected chi connectivity index (χ1v) is 9.14. The van der Waals surface area contributed by atoms with Gasteiger partial charge in [-0.1, -0.05) is 12.1 Å². The second-order valence-electron chi connectivity index (χ2n) is 6.56. The Morgan fingerprint density at radius 2 is 1.29 bits per heavy atom. The van der Waals surface area contributed by atoms with Crippen LogP contribution in [-0.4, -0.2) is 62.7 Å². The van der Waals surface area contributed by atoms with Crippen LogP contribution in [0.4, 0.5) is 0 Å². The van der Waals surface area contributed by atoms with Gasteiger partial charge in [-0.2, -0.15) is 0 Å². The highest BCUT2D eigenvalue weighted by atomic mass is 16.5. The first-order valence-electron chi connectivity index (χ1n) is 9.14. The molecular formula is C19H20B2O10. The highest BCUT2D eigenvalue weighted by molar-refractivity contribution is 6.63. The second-order valence-corrected chi connectivity index (χ2v) is 6.56. The molecule has 0 aliphatic carbocycles. The summed E-state index contributed by atoms with van der Waals surface area (Å²) in [5.41, 5.74) is 2.80. The molecule has 0 atom stereocenters. The Labute approximate surface area is 178 Å². The summed E-state index contributed by atoms with van der Waals surface area (Å²) >= 11 is 0. The van der Waals surface area contributed by atoms with Gasteiger partial charge in [-0.3, -0.25) is 0 Å². The molecular weight excluding hydrogens is 410 g/mol. The minimum Gasteiger partial charge on any atom is -0.496 e. The number of ether oxygens (including phenoxy) is 3. The van der Waals surface area contributed by atoms with E-state index in [1.807, 2.05) is 0 Å². The molecule has 10 nitrogen and oxygen atoms in total. The van der Waals surface area contributed by atoms with Crippen LogP contribution >= 0.6 is 0 Å². The number of carboxylic acid groups (broad SMARTS) is 1. The Balaban J connectivity index is 0.000000176. The predicted octanol–water partition coefficient (Wildman–Crippen LogP) is -0.689. The molecule has 0 saturated carbocycles. The normalized spacial score (nSPS) is 13.7. The zero-order chi connectivity index (χ0) is 22.7. The van der Waals surface area contributed by atoms with E-state index in [2.05, 4.69) is 4.74 Å². The summed E-state index contributed by atoms with van der Waals surface area (Å²) < 4.78 is 24.8. The highest BCUT2D eigenvalue weighted by Crippen LogP contribution is 2.24. The van der Waals surface area contributed by atoms with E-state index in [1.54, 1.807) is 18.2 Å². The van der Waals surface area contributed by atoms with Gasteiger partial charge in [0.05, 0.1) is 34.5 Å². The zero-order valence-corrected chi connectivity index (χ0v) is 17.1. The van der Waals surface area contributed by atoms with Crippen molar-refractivity contribution >= 4 is 37.1 Å². The molecule has 0 fully saturated rings. The van der Waals surface area contributed by atoms with Crippen LogP contribution < -0.4 is 20.4 Å². The molecule has 162 valence electrons. The fraction of sp³-hybridized carbons (Fsp3) is 0.263. The number of aromatic carboxylic acids is 1. The second kappa shape index (κ2) is 9.40.